The third-order valence-corrected chi connectivity index (χ3v) is 5.94. The van der Waals surface area contributed by atoms with Crippen molar-refractivity contribution in [1.29, 1.82) is 0 Å². The Kier molecular flexibility index (Phi) is 5.90. The first kappa shape index (κ1) is 20.6. The summed E-state index contributed by atoms with van der Waals surface area (Å²) in [5.41, 5.74) is 0.788. The minimum Gasteiger partial charge on any atom is -0.465 e. The highest BCUT2D eigenvalue weighted by atomic mass is 79.9. The highest BCUT2D eigenvalue weighted by Crippen LogP contribution is 2.60. The molecule has 0 amide bonds. The standard InChI is InChI=1S/C20H18Br2ClFO3/c1-10-9-26-15(7-11-13(23)5-4-6-14(11)24)18(10)27-19(25)17-12(8-16(21)22)20(17,2)3/h4-6,8-9,12,17H,7H2,1-3H3. The summed E-state index contributed by atoms with van der Waals surface area (Å²) in [5, 5.41) is 0.303. The van der Waals surface area contributed by atoms with Gasteiger partial charge in [-0.05, 0) is 62.2 Å². The molecule has 27 heavy (non-hydrogen) atoms. The molecular formula is C20H18Br2ClFO3. The Balaban J connectivity index is 1.82. The third-order valence-electron chi connectivity index (χ3n) is 5.06. The van der Waals surface area contributed by atoms with Gasteiger partial charge >= 0.3 is 5.97 Å². The number of carbonyl (C=O) groups excluding carboxylic acids is 1. The van der Waals surface area contributed by atoms with Crippen molar-refractivity contribution >= 4 is 49.4 Å². The second-order valence-electron chi connectivity index (χ2n) is 7.25. The molecule has 0 radical (unpaired) electrons. The van der Waals surface area contributed by atoms with Crippen LogP contribution >= 0.6 is 43.5 Å². The van der Waals surface area contributed by atoms with Gasteiger partial charge in [-0.2, -0.15) is 0 Å². The number of hydrogen-bond donors (Lipinski definition) is 0. The molecule has 0 spiro atoms. The van der Waals surface area contributed by atoms with Gasteiger partial charge in [0, 0.05) is 22.6 Å². The number of rotatable bonds is 5. The number of esters is 1. The number of benzene rings is 1. The molecule has 1 aliphatic rings. The van der Waals surface area contributed by atoms with Crippen LogP contribution in [0.3, 0.4) is 0 Å². The SMILES string of the molecule is Cc1coc(Cc2c(F)cccc2Cl)c1OC(=O)C1C(C=C(Br)Br)C1(C)C. The molecule has 0 bridgehead atoms. The molecule has 144 valence electrons. The van der Waals surface area contributed by atoms with Gasteiger partial charge in [0.25, 0.3) is 0 Å². The molecule has 0 N–H and O–H groups in total. The van der Waals surface area contributed by atoms with Gasteiger partial charge in [-0.15, -0.1) is 0 Å². The first-order valence-corrected chi connectivity index (χ1v) is 10.3. The summed E-state index contributed by atoms with van der Waals surface area (Å²) in [6.07, 6.45) is 3.55. The molecule has 1 fully saturated rings. The van der Waals surface area contributed by atoms with Crippen LogP contribution in [0.25, 0.3) is 0 Å². The molecule has 0 aliphatic heterocycles. The van der Waals surface area contributed by atoms with Crippen LogP contribution in [0.5, 0.6) is 5.75 Å². The van der Waals surface area contributed by atoms with E-state index in [1.165, 1.54) is 12.3 Å². The molecule has 3 nitrogen and oxygen atoms in total. The number of allylic oxidation sites excluding steroid dienone is 1. The number of carbonyl (C=O) groups is 1. The smallest absolute Gasteiger partial charge is 0.315 e. The van der Waals surface area contributed by atoms with E-state index in [1.54, 1.807) is 19.1 Å². The molecule has 1 aliphatic carbocycles. The molecule has 0 saturated heterocycles. The van der Waals surface area contributed by atoms with Crippen molar-refractivity contribution in [2.75, 3.05) is 0 Å². The van der Waals surface area contributed by atoms with Crippen molar-refractivity contribution in [2.45, 2.75) is 27.2 Å². The average Bonchev–Trinajstić information content (AvgIpc) is 2.92. The van der Waals surface area contributed by atoms with Crippen molar-refractivity contribution < 1.29 is 18.3 Å². The molecule has 2 aromatic rings. The molecule has 3 rings (SSSR count). The van der Waals surface area contributed by atoms with Gasteiger partial charge in [-0.25, -0.2) is 4.39 Å². The van der Waals surface area contributed by atoms with Crippen molar-refractivity contribution in [1.82, 2.24) is 0 Å². The third kappa shape index (κ3) is 4.17. The maximum Gasteiger partial charge on any atom is 0.315 e. The maximum absolute atomic E-state index is 14.1. The normalized spacial score (nSPS) is 20.3. The van der Waals surface area contributed by atoms with E-state index in [-0.39, 0.29) is 29.6 Å². The monoisotopic (exact) mass is 518 g/mol. The Morgan fingerprint density at radius 1 is 1.41 bits per heavy atom. The maximum atomic E-state index is 14.1. The van der Waals surface area contributed by atoms with Gasteiger partial charge in [0.1, 0.15) is 5.82 Å². The predicted molar refractivity (Wildman–Crippen MR) is 110 cm³/mol. The topological polar surface area (TPSA) is 39.4 Å². The fourth-order valence-electron chi connectivity index (χ4n) is 3.35. The molecular weight excluding hydrogens is 502 g/mol. The second-order valence-corrected chi connectivity index (χ2v) is 10.4. The van der Waals surface area contributed by atoms with Crippen molar-refractivity contribution in [3.8, 4) is 5.75 Å². The lowest BCUT2D eigenvalue weighted by Gasteiger charge is -2.08. The van der Waals surface area contributed by atoms with Crippen LogP contribution in [-0.2, 0) is 11.2 Å². The lowest BCUT2D eigenvalue weighted by molar-refractivity contribution is -0.136. The number of hydrogen-bond acceptors (Lipinski definition) is 3. The van der Waals surface area contributed by atoms with E-state index in [9.17, 15) is 9.18 Å². The van der Waals surface area contributed by atoms with E-state index >= 15 is 0 Å². The number of furan rings is 1. The van der Waals surface area contributed by atoms with Crippen molar-refractivity contribution in [3.63, 3.8) is 0 Å². The number of aryl methyl sites for hydroxylation is 1. The van der Waals surface area contributed by atoms with E-state index in [4.69, 9.17) is 20.8 Å². The number of halogens is 4. The first-order chi connectivity index (χ1) is 12.6. The zero-order chi connectivity index (χ0) is 19.9. The Morgan fingerprint density at radius 2 is 2.11 bits per heavy atom. The van der Waals surface area contributed by atoms with Crippen molar-refractivity contribution in [3.05, 3.63) is 61.7 Å². The van der Waals surface area contributed by atoms with Crippen LogP contribution in [0, 0.1) is 30.0 Å². The van der Waals surface area contributed by atoms with Crippen LogP contribution in [0.4, 0.5) is 4.39 Å². The molecule has 1 aromatic heterocycles. The average molecular weight is 521 g/mol. The van der Waals surface area contributed by atoms with Crippen LogP contribution in [-0.4, -0.2) is 5.97 Å². The Labute approximate surface area is 179 Å². The summed E-state index contributed by atoms with van der Waals surface area (Å²) in [6.45, 7) is 5.82. The van der Waals surface area contributed by atoms with E-state index in [1.807, 2.05) is 19.9 Å². The molecule has 2 atom stereocenters. The van der Waals surface area contributed by atoms with E-state index in [2.05, 4.69) is 31.9 Å². The highest BCUT2D eigenvalue weighted by Gasteiger charge is 2.61. The lowest BCUT2D eigenvalue weighted by atomic mass is 10.1. The van der Waals surface area contributed by atoms with E-state index in [0.717, 1.165) is 3.39 Å². The summed E-state index contributed by atoms with van der Waals surface area (Å²) in [5.74, 6) is -0.239. The Bertz CT molecular complexity index is 896. The van der Waals surface area contributed by atoms with Crippen LogP contribution in [0.2, 0.25) is 5.02 Å². The fraction of sp³-hybridized carbons (Fsp3) is 0.350. The summed E-state index contributed by atoms with van der Waals surface area (Å²) in [4.78, 5) is 12.7. The molecule has 1 heterocycles. The second kappa shape index (κ2) is 7.72. The Morgan fingerprint density at radius 3 is 2.74 bits per heavy atom. The first-order valence-electron chi connectivity index (χ1n) is 8.37. The largest absolute Gasteiger partial charge is 0.465 e. The minimum absolute atomic E-state index is 0.0652. The fourth-order valence-corrected chi connectivity index (χ4v) is 4.15. The molecule has 2 unspecified atom stereocenters. The quantitative estimate of drug-likeness (QED) is 0.408. The van der Waals surface area contributed by atoms with Gasteiger partial charge in [0.05, 0.1) is 15.6 Å². The van der Waals surface area contributed by atoms with Gasteiger partial charge in [0.2, 0.25) is 0 Å². The summed E-state index contributed by atoms with van der Waals surface area (Å²) in [6, 6.07) is 4.49. The van der Waals surface area contributed by atoms with Gasteiger partial charge < -0.3 is 9.15 Å². The van der Waals surface area contributed by atoms with Crippen LogP contribution in [0.1, 0.15) is 30.7 Å². The molecule has 1 aromatic carbocycles. The summed E-state index contributed by atoms with van der Waals surface area (Å²) < 4.78 is 26.1. The Hall–Kier alpha value is -1.11. The van der Waals surface area contributed by atoms with Gasteiger partial charge in [-0.1, -0.05) is 37.6 Å². The molecule has 7 heteroatoms. The van der Waals surface area contributed by atoms with Gasteiger partial charge in [0.15, 0.2) is 11.5 Å². The predicted octanol–water partition coefficient (Wildman–Crippen LogP) is 6.78. The molecule has 1 saturated carbocycles. The van der Waals surface area contributed by atoms with E-state index in [0.29, 0.717) is 27.7 Å². The summed E-state index contributed by atoms with van der Waals surface area (Å²) in [7, 11) is 0. The summed E-state index contributed by atoms with van der Waals surface area (Å²) >= 11 is 12.8. The zero-order valence-electron chi connectivity index (χ0n) is 15.0. The van der Waals surface area contributed by atoms with Crippen molar-refractivity contribution in [2.24, 2.45) is 17.3 Å². The van der Waals surface area contributed by atoms with Crippen LogP contribution in [0.15, 0.2) is 38.3 Å². The zero-order valence-corrected chi connectivity index (χ0v) is 18.9. The van der Waals surface area contributed by atoms with Gasteiger partial charge in [-0.3, -0.25) is 4.79 Å². The number of ether oxygens (including phenoxy) is 1. The minimum atomic E-state index is -0.426. The van der Waals surface area contributed by atoms with Crippen LogP contribution < -0.4 is 4.74 Å². The highest BCUT2D eigenvalue weighted by molar-refractivity contribution is 9.28. The lowest BCUT2D eigenvalue weighted by Crippen LogP contribution is -2.15. The van der Waals surface area contributed by atoms with E-state index < -0.39 is 5.82 Å².